The van der Waals surface area contributed by atoms with Crippen molar-refractivity contribution in [1.29, 1.82) is 0 Å². The Hall–Kier alpha value is -3.07. The van der Waals surface area contributed by atoms with Crippen LogP contribution < -0.4 is 10.2 Å². The van der Waals surface area contributed by atoms with Crippen molar-refractivity contribution in [2.45, 2.75) is 29.4 Å². The molecular formula is C29H31N3O3S2. The van der Waals surface area contributed by atoms with E-state index in [1.165, 1.54) is 17.4 Å². The number of hydrogen-bond donors (Lipinski definition) is 1. The first-order valence-corrected chi connectivity index (χ1v) is 14.8. The second-order valence-electron chi connectivity index (χ2n) is 9.73. The van der Waals surface area contributed by atoms with E-state index >= 15 is 0 Å². The molecule has 192 valence electrons. The quantitative estimate of drug-likeness (QED) is 0.460. The maximum atomic E-state index is 13.3. The number of nitrogens with one attached hydrogen (secondary N) is 1. The molecule has 1 fully saturated rings. The van der Waals surface area contributed by atoms with Gasteiger partial charge in [-0.25, -0.2) is 8.42 Å². The van der Waals surface area contributed by atoms with Gasteiger partial charge in [-0.2, -0.15) is 0 Å². The van der Waals surface area contributed by atoms with Crippen LogP contribution in [-0.4, -0.2) is 52.5 Å². The van der Waals surface area contributed by atoms with Crippen LogP contribution in [0.3, 0.4) is 0 Å². The predicted molar refractivity (Wildman–Crippen MR) is 152 cm³/mol. The van der Waals surface area contributed by atoms with Gasteiger partial charge in [-0.15, -0.1) is 0 Å². The smallest absolute Gasteiger partial charge is 0.262 e. The van der Waals surface area contributed by atoms with Crippen LogP contribution in [-0.2, 0) is 20.4 Å². The molecule has 0 aromatic heterocycles. The molecule has 5 rings (SSSR count). The maximum absolute atomic E-state index is 13.3. The summed E-state index contributed by atoms with van der Waals surface area (Å²) in [5, 5.41) is 2.91. The van der Waals surface area contributed by atoms with Crippen LogP contribution in [0.15, 0.2) is 75.4 Å². The molecule has 0 spiro atoms. The number of benzene rings is 3. The van der Waals surface area contributed by atoms with Crippen molar-refractivity contribution >= 4 is 45.0 Å². The summed E-state index contributed by atoms with van der Waals surface area (Å²) in [5.41, 5.74) is 5.50. The zero-order chi connectivity index (χ0) is 26.2. The molecule has 1 amide bonds. The highest BCUT2D eigenvalue weighted by molar-refractivity contribution is 8.04. The summed E-state index contributed by atoms with van der Waals surface area (Å²) in [4.78, 5) is 19.0. The Bertz CT molecular complexity index is 1450. The fourth-order valence-electron chi connectivity index (χ4n) is 4.67. The van der Waals surface area contributed by atoms with Gasteiger partial charge in [-0.1, -0.05) is 42.1 Å². The van der Waals surface area contributed by atoms with E-state index in [1.807, 2.05) is 50.3 Å². The van der Waals surface area contributed by atoms with Crippen LogP contribution in [0, 0.1) is 13.8 Å². The standard InChI is InChI=1S/C29H31N3O3S2/c1-20-5-4-6-21(2)25(20)19-37(34,35)24-11-12-26-27(18-24)36-28(29(33)30-26)17-22-7-9-23(10-8-22)32-15-13-31(3)14-16-32/h4-12,17-18H,13-16,19H2,1-3H3,(H,30,33)/b28-17-. The molecule has 0 aliphatic carbocycles. The molecule has 2 heterocycles. The Morgan fingerprint density at radius 1 is 0.946 bits per heavy atom. The van der Waals surface area contributed by atoms with Crippen molar-refractivity contribution in [3.05, 3.63) is 87.8 Å². The minimum absolute atomic E-state index is 0.0519. The number of amides is 1. The molecule has 3 aromatic carbocycles. The number of sulfone groups is 1. The average Bonchev–Trinajstić information content (AvgIpc) is 2.87. The fourth-order valence-corrected chi connectivity index (χ4v) is 7.31. The van der Waals surface area contributed by atoms with Crippen molar-refractivity contribution in [2.75, 3.05) is 43.4 Å². The van der Waals surface area contributed by atoms with Gasteiger partial charge in [0.1, 0.15) is 0 Å². The lowest BCUT2D eigenvalue weighted by Crippen LogP contribution is -2.44. The maximum Gasteiger partial charge on any atom is 0.262 e. The molecule has 2 aliphatic rings. The highest BCUT2D eigenvalue weighted by Gasteiger charge is 2.25. The summed E-state index contributed by atoms with van der Waals surface area (Å²) in [7, 11) is -1.41. The van der Waals surface area contributed by atoms with Gasteiger partial charge in [0.05, 0.1) is 21.2 Å². The normalized spacial score (nSPS) is 17.5. The highest BCUT2D eigenvalue weighted by Crippen LogP contribution is 2.40. The van der Waals surface area contributed by atoms with Crippen LogP contribution in [0.1, 0.15) is 22.3 Å². The van der Waals surface area contributed by atoms with Gasteiger partial charge in [0.15, 0.2) is 9.84 Å². The van der Waals surface area contributed by atoms with E-state index in [4.69, 9.17) is 0 Å². The number of carbonyl (C=O) groups excluding carboxylic acids is 1. The molecule has 1 saturated heterocycles. The molecule has 0 bridgehead atoms. The number of hydrogen-bond acceptors (Lipinski definition) is 6. The van der Waals surface area contributed by atoms with Gasteiger partial charge in [0.25, 0.3) is 5.91 Å². The lowest BCUT2D eigenvalue weighted by atomic mass is 10.1. The third-order valence-corrected chi connectivity index (χ3v) is 9.76. The molecule has 0 saturated carbocycles. The molecule has 0 radical (unpaired) electrons. The number of likely N-dealkylation sites (N-methyl/N-ethyl adjacent to an activating group) is 1. The molecule has 3 aromatic rings. The Morgan fingerprint density at radius 2 is 1.62 bits per heavy atom. The van der Waals surface area contributed by atoms with Gasteiger partial charge in [-0.05, 0) is 79.6 Å². The van der Waals surface area contributed by atoms with Gasteiger partial charge < -0.3 is 15.1 Å². The number of aryl methyl sites for hydroxylation is 2. The topological polar surface area (TPSA) is 69.7 Å². The van der Waals surface area contributed by atoms with Crippen molar-refractivity contribution in [3.63, 3.8) is 0 Å². The predicted octanol–water partition coefficient (Wildman–Crippen LogP) is 5.11. The van der Waals surface area contributed by atoms with Crippen molar-refractivity contribution in [3.8, 4) is 0 Å². The molecular weight excluding hydrogens is 502 g/mol. The average molecular weight is 534 g/mol. The Balaban J connectivity index is 1.36. The fraction of sp³-hybridized carbons (Fsp3) is 0.276. The summed E-state index contributed by atoms with van der Waals surface area (Å²) in [5.74, 6) is -0.240. The number of nitrogens with zero attached hydrogens (tertiary/aromatic N) is 2. The number of piperazine rings is 1. The van der Waals surface area contributed by atoms with Crippen molar-refractivity contribution in [1.82, 2.24) is 4.90 Å². The third kappa shape index (κ3) is 5.61. The summed E-state index contributed by atoms with van der Waals surface area (Å²) in [6.45, 7) is 7.96. The zero-order valence-electron chi connectivity index (χ0n) is 21.3. The molecule has 2 aliphatic heterocycles. The largest absolute Gasteiger partial charge is 0.369 e. The first-order valence-electron chi connectivity index (χ1n) is 12.4. The van der Waals surface area contributed by atoms with Crippen LogP contribution in [0.2, 0.25) is 0 Å². The summed E-state index contributed by atoms with van der Waals surface area (Å²) in [6, 6.07) is 19.0. The van der Waals surface area contributed by atoms with E-state index in [-0.39, 0.29) is 16.6 Å². The second kappa shape index (κ2) is 10.4. The zero-order valence-corrected chi connectivity index (χ0v) is 23.0. The first kappa shape index (κ1) is 25.6. The minimum Gasteiger partial charge on any atom is -0.369 e. The number of anilines is 2. The lowest BCUT2D eigenvalue weighted by molar-refractivity contribution is -0.112. The molecule has 0 unspecified atom stereocenters. The minimum atomic E-state index is -3.55. The van der Waals surface area contributed by atoms with Crippen LogP contribution in [0.5, 0.6) is 0 Å². The van der Waals surface area contributed by atoms with Gasteiger partial charge in [0, 0.05) is 36.8 Å². The van der Waals surface area contributed by atoms with Crippen LogP contribution in [0.25, 0.3) is 6.08 Å². The number of fused-ring (bicyclic) bond motifs is 1. The first-order chi connectivity index (χ1) is 17.7. The van der Waals surface area contributed by atoms with E-state index < -0.39 is 9.84 Å². The lowest BCUT2D eigenvalue weighted by Gasteiger charge is -2.34. The van der Waals surface area contributed by atoms with Crippen LogP contribution >= 0.6 is 11.8 Å². The van der Waals surface area contributed by atoms with Gasteiger partial charge >= 0.3 is 0 Å². The number of thioether (sulfide) groups is 1. The molecule has 0 atom stereocenters. The molecule has 6 nitrogen and oxygen atoms in total. The van der Waals surface area contributed by atoms with E-state index in [0.717, 1.165) is 53.3 Å². The molecule has 37 heavy (non-hydrogen) atoms. The van der Waals surface area contributed by atoms with E-state index in [1.54, 1.807) is 18.2 Å². The number of carbonyl (C=O) groups is 1. The van der Waals surface area contributed by atoms with Crippen molar-refractivity contribution < 1.29 is 13.2 Å². The highest BCUT2D eigenvalue weighted by atomic mass is 32.2. The Morgan fingerprint density at radius 3 is 2.30 bits per heavy atom. The van der Waals surface area contributed by atoms with E-state index in [2.05, 4.69) is 34.3 Å². The van der Waals surface area contributed by atoms with Gasteiger partial charge in [-0.3, -0.25) is 4.79 Å². The Kier molecular flexibility index (Phi) is 7.16. The van der Waals surface area contributed by atoms with Gasteiger partial charge in [0.2, 0.25) is 0 Å². The second-order valence-corrected chi connectivity index (χ2v) is 12.8. The van der Waals surface area contributed by atoms with E-state index in [0.29, 0.717) is 10.6 Å². The van der Waals surface area contributed by atoms with E-state index in [9.17, 15) is 13.2 Å². The number of rotatable bonds is 5. The SMILES string of the molecule is Cc1cccc(C)c1CS(=O)(=O)c1ccc2c(c1)S/C(=C\c1ccc(N3CCN(C)CC3)cc1)C(=O)N2. The Labute approximate surface area is 223 Å². The summed E-state index contributed by atoms with van der Waals surface area (Å²) in [6.07, 6.45) is 1.86. The molecule has 8 heteroatoms. The van der Waals surface area contributed by atoms with Crippen molar-refractivity contribution in [2.24, 2.45) is 0 Å². The summed E-state index contributed by atoms with van der Waals surface area (Å²) >= 11 is 1.30. The summed E-state index contributed by atoms with van der Waals surface area (Å²) < 4.78 is 26.6. The molecule has 1 N–H and O–H groups in total. The monoisotopic (exact) mass is 533 g/mol. The third-order valence-electron chi connectivity index (χ3n) is 7.04. The van der Waals surface area contributed by atoms with Crippen LogP contribution in [0.4, 0.5) is 11.4 Å².